The number of hydrogen-bond acceptors (Lipinski definition) is 4. The lowest BCUT2D eigenvalue weighted by atomic mass is 9.86. The summed E-state index contributed by atoms with van der Waals surface area (Å²) >= 11 is 1.30. The molecule has 3 aromatic carbocycles. The second kappa shape index (κ2) is 11.0. The van der Waals surface area contributed by atoms with Crippen molar-refractivity contribution in [1.82, 2.24) is 4.98 Å². The average Bonchev–Trinajstić information content (AvgIpc) is 2.89. The summed E-state index contributed by atoms with van der Waals surface area (Å²) in [6, 6.07) is 30.3. The number of benzene rings is 3. The molecule has 0 saturated heterocycles. The van der Waals surface area contributed by atoms with Crippen molar-refractivity contribution in [2.75, 3.05) is 5.32 Å². The molecule has 37 heavy (non-hydrogen) atoms. The van der Waals surface area contributed by atoms with E-state index in [-0.39, 0.29) is 11.3 Å². The summed E-state index contributed by atoms with van der Waals surface area (Å²) in [5.41, 5.74) is 7.09. The maximum Gasteiger partial charge on any atom is 0.237 e. The number of carbonyl (C=O) groups excluding carboxylic acids is 1. The van der Waals surface area contributed by atoms with Crippen molar-refractivity contribution in [3.63, 3.8) is 0 Å². The van der Waals surface area contributed by atoms with Gasteiger partial charge in [0.2, 0.25) is 5.91 Å². The van der Waals surface area contributed by atoms with Gasteiger partial charge in [-0.1, -0.05) is 105 Å². The van der Waals surface area contributed by atoms with Crippen LogP contribution in [0.15, 0.2) is 90.0 Å². The molecule has 5 heteroatoms. The van der Waals surface area contributed by atoms with Gasteiger partial charge in [-0.15, -0.1) is 0 Å². The molecular formula is C32H31N3OS. The van der Waals surface area contributed by atoms with Crippen molar-refractivity contribution in [3.05, 3.63) is 102 Å². The summed E-state index contributed by atoms with van der Waals surface area (Å²) in [6.45, 7) is 10.4. The zero-order chi connectivity index (χ0) is 26.6. The van der Waals surface area contributed by atoms with Crippen LogP contribution in [-0.2, 0) is 10.2 Å². The van der Waals surface area contributed by atoms with Gasteiger partial charge in [0.1, 0.15) is 11.1 Å². The van der Waals surface area contributed by atoms with Gasteiger partial charge >= 0.3 is 0 Å². The summed E-state index contributed by atoms with van der Waals surface area (Å²) in [5.74, 6) is -0.138. The first-order chi connectivity index (χ1) is 17.7. The van der Waals surface area contributed by atoms with E-state index in [1.807, 2.05) is 74.5 Å². The van der Waals surface area contributed by atoms with E-state index >= 15 is 0 Å². The molecule has 0 fully saturated rings. The van der Waals surface area contributed by atoms with Crippen LogP contribution in [0.25, 0.3) is 22.4 Å². The third kappa shape index (κ3) is 6.28. The van der Waals surface area contributed by atoms with Crippen LogP contribution in [0.5, 0.6) is 0 Å². The lowest BCUT2D eigenvalue weighted by Gasteiger charge is -2.20. The third-order valence-electron chi connectivity index (χ3n) is 6.21. The number of aryl methyl sites for hydroxylation is 1. The molecule has 0 radical (unpaired) electrons. The Bertz CT molecular complexity index is 1430. The van der Waals surface area contributed by atoms with Gasteiger partial charge in [0.25, 0.3) is 0 Å². The standard InChI is InChI=1S/C32H31N3OS/c1-21-11-17-26(18-12-21)34-30(36)22(2)37-31-28(20-33)27(19-29(35-31)24-9-7-6-8-10-24)23-13-15-25(16-14-23)32(3,4)5/h6-19,22H,1-5H3,(H,34,36)/t22-/m1/s1. The van der Waals surface area contributed by atoms with Gasteiger partial charge in [-0.25, -0.2) is 4.98 Å². The minimum Gasteiger partial charge on any atom is -0.325 e. The van der Waals surface area contributed by atoms with Gasteiger partial charge < -0.3 is 5.32 Å². The van der Waals surface area contributed by atoms with Crippen LogP contribution in [0.2, 0.25) is 0 Å². The Morgan fingerprint density at radius 2 is 1.59 bits per heavy atom. The van der Waals surface area contributed by atoms with E-state index in [9.17, 15) is 10.1 Å². The number of amides is 1. The molecule has 186 valence electrons. The van der Waals surface area contributed by atoms with Crippen LogP contribution in [0.1, 0.15) is 44.4 Å². The van der Waals surface area contributed by atoms with Crippen LogP contribution < -0.4 is 5.32 Å². The summed E-state index contributed by atoms with van der Waals surface area (Å²) < 4.78 is 0. The number of thioether (sulfide) groups is 1. The molecular weight excluding hydrogens is 474 g/mol. The molecule has 1 aromatic heterocycles. The molecule has 4 nitrogen and oxygen atoms in total. The fraction of sp³-hybridized carbons (Fsp3) is 0.219. The van der Waals surface area contributed by atoms with Gasteiger partial charge in [-0.3, -0.25) is 4.79 Å². The van der Waals surface area contributed by atoms with Crippen LogP contribution in [0, 0.1) is 18.3 Å². The Kier molecular flexibility index (Phi) is 7.80. The van der Waals surface area contributed by atoms with E-state index in [1.165, 1.54) is 17.3 Å². The monoisotopic (exact) mass is 505 g/mol. The topological polar surface area (TPSA) is 65.8 Å². The number of nitrogens with one attached hydrogen (secondary N) is 1. The van der Waals surface area contributed by atoms with E-state index in [0.29, 0.717) is 10.6 Å². The highest BCUT2D eigenvalue weighted by molar-refractivity contribution is 8.00. The van der Waals surface area contributed by atoms with E-state index in [1.54, 1.807) is 0 Å². The van der Waals surface area contributed by atoms with Crippen molar-refractivity contribution in [1.29, 1.82) is 5.26 Å². The normalized spacial score (nSPS) is 12.0. The van der Waals surface area contributed by atoms with Crippen molar-refractivity contribution in [3.8, 4) is 28.5 Å². The summed E-state index contributed by atoms with van der Waals surface area (Å²) in [6.07, 6.45) is 0. The fourth-order valence-corrected chi connectivity index (χ4v) is 4.88. The van der Waals surface area contributed by atoms with Gasteiger partial charge in [-0.05, 0) is 48.6 Å². The number of nitriles is 1. The number of nitrogens with zero attached hydrogens (tertiary/aromatic N) is 2. The van der Waals surface area contributed by atoms with E-state index in [2.05, 4.69) is 56.4 Å². The number of hydrogen-bond donors (Lipinski definition) is 1. The number of pyridine rings is 1. The molecule has 4 rings (SSSR count). The maximum atomic E-state index is 13.0. The Labute approximate surface area is 223 Å². The van der Waals surface area contributed by atoms with Crippen molar-refractivity contribution in [2.24, 2.45) is 0 Å². The van der Waals surface area contributed by atoms with Crippen LogP contribution in [-0.4, -0.2) is 16.1 Å². The molecule has 1 heterocycles. The Morgan fingerprint density at radius 1 is 0.946 bits per heavy atom. The molecule has 0 bridgehead atoms. The lowest BCUT2D eigenvalue weighted by Crippen LogP contribution is -2.22. The molecule has 0 aliphatic rings. The molecule has 1 atom stereocenters. The van der Waals surface area contributed by atoms with Gasteiger partial charge in [0, 0.05) is 16.8 Å². The fourth-order valence-electron chi connectivity index (χ4n) is 3.95. The van der Waals surface area contributed by atoms with Crippen LogP contribution in [0.4, 0.5) is 5.69 Å². The van der Waals surface area contributed by atoms with E-state index in [4.69, 9.17) is 4.98 Å². The van der Waals surface area contributed by atoms with Crippen molar-refractivity contribution < 1.29 is 4.79 Å². The van der Waals surface area contributed by atoms with Gasteiger partial charge in [-0.2, -0.15) is 5.26 Å². The first kappa shape index (κ1) is 26.2. The number of carbonyl (C=O) groups is 1. The summed E-state index contributed by atoms with van der Waals surface area (Å²) in [4.78, 5) is 17.9. The molecule has 0 unspecified atom stereocenters. The quantitative estimate of drug-likeness (QED) is 0.270. The van der Waals surface area contributed by atoms with Gasteiger partial charge in [0.15, 0.2) is 0 Å². The molecule has 0 spiro atoms. The molecule has 0 aliphatic carbocycles. The second-order valence-electron chi connectivity index (χ2n) is 10.2. The maximum absolute atomic E-state index is 13.0. The highest BCUT2D eigenvalue weighted by Crippen LogP contribution is 2.36. The minimum atomic E-state index is -0.456. The van der Waals surface area contributed by atoms with Crippen molar-refractivity contribution >= 4 is 23.4 Å². The number of aromatic nitrogens is 1. The number of rotatable bonds is 6. The Hall–Kier alpha value is -3.88. The van der Waals surface area contributed by atoms with Crippen LogP contribution >= 0.6 is 11.8 Å². The van der Waals surface area contributed by atoms with Crippen molar-refractivity contribution in [2.45, 2.75) is 50.3 Å². The third-order valence-corrected chi connectivity index (χ3v) is 7.29. The predicted molar refractivity (Wildman–Crippen MR) is 154 cm³/mol. The highest BCUT2D eigenvalue weighted by Gasteiger charge is 2.22. The first-order valence-electron chi connectivity index (χ1n) is 12.3. The number of anilines is 1. The smallest absolute Gasteiger partial charge is 0.237 e. The second-order valence-corrected chi connectivity index (χ2v) is 11.5. The lowest BCUT2D eigenvalue weighted by molar-refractivity contribution is -0.115. The van der Waals surface area contributed by atoms with E-state index in [0.717, 1.165) is 33.6 Å². The largest absolute Gasteiger partial charge is 0.325 e. The Balaban J connectivity index is 1.73. The average molecular weight is 506 g/mol. The predicted octanol–water partition coefficient (Wildman–Crippen LogP) is 8.01. The van der Waals surface area contributed by atoms with Crippen LogP contribution in [0.3, 0.4) is 0 Å². The summed E-state index contributed by atoms with van der Waals surface area (Å²) in [7, 11) is 0. The summed E-state index contributed by atoms with van der Waals surface area (Å²) in [5, 5.41) is 13.3. The highest BCUT2D eigenvalue weighted by atomic mass is 32.2. The molecule has 0 saturated carbocycles. The first-order valence-corrected chi connectivity index (χ1v) is 13.2. The molecule has 0 aliphatic heterocycles. The Morgan fingerprint density at radius 3 is 2.19 bits per heavy atom. The minimum absolute atomic E-state index is 0.0330. The van der Waals surface area contributed by atoms with Gasteiger partial charge in [0.05, 0.1) is 16.5 Å². The SMILES string of the molecule is Cc1ccc(NC(=O)[C@@H](C)Sc2nc(-c3ccccc3)cc(-c3ccc(C(C)(C)C)cc3)c2C#N)cc1. The molecule has 4 aromatic rings. The zero-order valence-corrected chi connectivity index (χ0v) is 22.7. The molecule has 1 N–H and O–H groups in total. The molecule has 1 amide bonds. The van der Waals surface area contributed by atoms with E-state index < -0.39 is 5.25 Å². The zero-order valence-electron chi connectivity index (χ0n) is 21.9.